The molecule has 1 heterocycles. The van der Waals surface area contributed by atoms with Crippen LogP contribution >= 0.6 is 0 Å². The number of hydrogen-bond donors (Lipinski definition) is 1. The largest absolute Gasteiger partial charge is 0.409 e. The number of hydrazine groups is 1. The predicted molar refractivity (Wildman–Crippen MR) is 100 cm³/mol. The maximum atomic E-state index is 14.1. The van der Waals surface area contributed by atoms with E-state index in [1.165, 1.54) is 0 Å². The molecule has 0 aromatic heterocycles. The molecule has 6 heteroatoms. The van der Waals surface area contributed by atoms with Crippen LogP contribution in [0, 0.1) is 5.41 Å². The molecule has 1 amide bonds. The highest BCUT2D eigenvalue weighted by Gasteiger charge is 2.51. The fraction of sp³-hybridized carbons (Fsp3) is 0.476. The van der Waals surface area contributed by atoms with Crippen molar-refractivity contribution in [2.45, 2.75) is 52.3 Å². The third kappa shape index (κ3) is 3.68. The van der Waals surface area contributed by atoms with E-state index in [1.807, 2.05) is 45.0 Å². The van der Waals surface area contributed by atoms with Crippen molar-refractivity contribution >= 4 is 16.7 Å². The van der Waals surface area contributed by atoms with Crippen LogP contribution in [0.5, 0.6) is 0 Å². The van der Waals surface area contributed by atoms with Gasteiger partial charge in [-0.05, 0) is 47.2 Å². The van der Waals surface area contributed by atoms with Gasteiger partial charge in [-0.25, -0.2) is 5.01 Å². The summed E-state index contributed by atoms with van der Waals surface area (Å²) in [4.78, 5) is 12.1. The lowest BCUT2D eigenvalue weighted by Gasteiger charge is -2.31. The average Bonchev–Trinajstić information content (AvgIpc) is 2.77. The van der Waals surface area contributed by atoms with Gasteiger partial charge in [0.25, 0.3) is 0 Å². The molecular formula is C21H25F3N2O. The number of nitrogens with one attached hydrogen (secondary N) is 1. The lowest BCUT2D eigenvalue weighted by Crippen LogP contribution is -2.43. The fourth-order valence-corrected chi connectivity index (χ4v) is 3.63. The molecule has 0 aliphatic carbocycles. The Hall–Kier alpha value is -2.08. The predicted octanol–water partition coefficient (Wildman–Crippen LogP) is 5.11. The Morgan fingerprint density at radius 3 is 2.26 bits per heavy atom. The number of rotatable bonds is 2. The minimum absolute atomic E-state index is 0.00626. The van der Waals surface area contributed by atoms with Crippen molar-refractivity contribution in [1.29, 1.82) is 0 Å². The normalized spacial score (nSPS) is 19.3. The number of carbonyl (C=O) groups excluding carboxylic acids is 1. The third-order valence-electron chi connectivity index (χ3n) is 5.06. The number of carbonyl (C=O) groups is 1. The van der Waals surface area contributed by atoms with Crippen LogP contribution in [0.15, 0.2) is 36.4 Å². The number of nitrogens with zero attached hydrogens (tertiary/aromatic N) is 1. The van der Waals surface area contributed by atoms with Crippen LogP contribution in [0.4, 0.5) is 13.2 Å². The summed E-state index contributed by atoms with van der Waals surface area (Å²) in [6.45, 7) is 9.26. The molecule has 2 aromatic rings. The second-order valence-corrected chi connectivity index (χ2v) is 8.94. The summed E-state index contributed by atoms with van der Waals surface area (Å²) >= 11 is 0. The van der Waals surface area contributed by atoms with Crippen molar-refractivity contribution in [3.05, 3.63) is 47.5 Å². The average molecular weight is 378 g/mol. The Bertz CT molecular complexity index is 881. The van der Waals surface area contributed by atoms with E-state index in [0.29, 0.717) is 0 Å². The highest BCUT2D eigenvalue weighted by molar-refractivity contribution is 5.87. The van der Waals surface area contributed by atoms with Crippen molar-refractivity contribution in [3.8, 4) is 0 Å². The molecule has 1 saturated heterocycles. The number of benzene rings is 2. The minimum Gasteiger partial charge on any atom is -0.287 e. The molecule has 1 aliphatic heterocycles. The van der Waals surface area contributed by atoms with Crippen LogP contribution in [0.3, 0.4) is 0 Å². The van der Waals surface area contributed by atoms with Gasteiger partial charge in [0.05, 0.1) is 5.41 Å². The molecule has 1 N–H and O–H groups in total. The van der Waals surface area contributed by atoms with Gasteiger partial charge in [0.1, 0.15) is 6.04 Å². The fourth-order valence-electron chi connectivity index (χ4n) is 3.63. The molecule has 0 bridgehead atoms. The summed E-state index contributed by atoms with van der Waals surface area (Å²) in [5.41, 5.74) is 2.24. The van der Waals surface area contributed by atoms with Crippen molar-refractivity contribution in [3.63, 3.8) is 0 Å². The van der Waals surface area contributed by atoms with Crippen LogP contribution in [0.2, 0.25) is 0 Å². The molecule has 1 atom stereocenters. The maximum Gasteiger partial charge on any atom is 0.409 e. The number of fused-ring (bicyclic) bond motifs is 1. The summed E-state index contributed by atoms with van der Waals surface area (Å²) in [5, 5.41) is 2.73. The first kappa shape index (κ1) is 19.7. The molecule has 146 valence electrons. The van der Waals surface area contributed by atoms with Gasteiger partial charge in [0, 0.05) is 6.54 Å². The van der Waals surface area contributed by atoms with E-state index in [-0.39, 0.29) is 17.5 Å². The molecule has 1 fully saturated rings. The van der Waals surface area contributed by atoms with Gasteiger partial charge in [0.15, 0.2) is 0 Å². The highest BCUT2D eigenvalue weighted by atomic mass is 19.4. The zero-order chi connectivity index (χ0) is 20.2. The first-order valence-corrected chi connectivity index (χ1v) is 8.98. The Morgan fingerprint density at radius 2 is 1.74 bits per heavy atom. The summed E-state index contributed by atoms with van der Waals surface area (Å²) in [6, 6.07) is 8.80. The van der Waals surface area contributed by atoms with Crippen molar-refractivity contribution < 1.29 is 18.0 Å². The van der Waals surface area contributed by atoms with Crippen molar-refractivity contribution in [1.82, 2.24) is 10.4 Å². The van der Waals surface area contributed by atoms with Crippen LogP contribution in [0.25, 0.3) is 10.8 Å². The standard InChI is InChI=1S/C21H25F3N2O/c1-19(2,3)16-11-14(10-13-8-6-7-9-15(13)16)17(21(22,23)24)26-12-20(4,5)18(27)25-26/h6-11,17H,12H2,1-5H3,(H,25,27)/t17-/m0/s1. The second kappa shape index (κ2) is 6.23. The van der Waals surface area contributed by atoms with E-state index in [0.717, 1.165) is 21.3 Å². The van der Waals surface area contributed by atoms with E-state index >= 15 is 0 Å². The van der Waals surface area contributed by atoms with E-state index in [1.54, 1.807) is 26.0 Å². The smallest absolute Gasteiger partial charge is 0.287 e. The molecule has 1 aliphatic rings. The van der Waals surface area contributed by atoms with Gasteiger partial charge in [-0.3, -0.25) is 10.2 Å². The van der Waals surface area contributed by atoms with E-state index < -0.39 is 23.5 Å². The number of hydrogen-bond acceptors (Lipinski definition) is 2. The topological polar surface area (TPSA) is 32.3 Å². The zero-order valence-electron chi connectivity index (χ0n) is 16.2. The SMILES string of the molecule is CC1(C)CN([C@@H](c2cc(C(C)(C)C)c3ccccc3c2)C(F)(F)F)NC1=O. The van der Waals surface area contributed by atoms with Gasteiger partial charge in [-0.2, -0.15) is 13.2 Å². The van der Waals surface area contributed by atoms with Crippen molar-refractivity contribution in [2.24, 2.45) is 5.41 Å². The molecule has 0 unspecified atom stereocenters. The van der Waals surface area contributed by atoms with Crippen LogP contribution in [0.1, 0.15) is 51.8 Å². The maximum absolute atomic E-state index is 14.1. The summed E-state index contributed by atoms with van der Waals surface area (Å²) in [5.74, 6) is -0.395. The summed E-state index contributed by atoms with van der Waals surface area (Å²) < 4.78 is 42.2. The first-order chi connectivity index (χ1) is 12.3. The van der Waals surface area contributed by atoms with E-state index in [4.69, 9.17) is 0 Å². The lowest BCUT2D eigenvalue weighted by atomic mass is 9.81. The highest BCUT2D eigenvalue weighted by Crippen LogP contribution is 2.43. The van der Waals surface area contributed by atoms with Gasteiger partial charge in [0.2, 0.25) is 5.91 Å². The van der Waals surface area contributed by atoms with Crippen LogP contribution in [-0.2, 0) is 10.2 Å². The number of halogens is 3. The van der Waals surface area contributed by atoms with Gasteiger partial charge < -0.3 is 0 Å². The molecule has 0 radical (unpaired) electrons. The van der Waals surface area contributed by atoms with Gasteiger partial charge in [-0.15, -0.1) is 0 Å². The third-order valence-corrected chi connectivity index (χ3v) is 5.06. The molecule has 0 spiro atoms. The summed E-state index contributed by atoms with van der Waals surface area (Å²) in [7, 11) is 0. The van der Waals surface area contributed by atoms with Gasteiger partial charge in [-0.1, -0.05) is 51.1 Å². The Balaban J connectivity index is 2.19. The monoisotopic (exact) mass is 378 g/mol. The molecule has 3 rings (SSSR count). The molecule has 2 aromatic carbocycles. The second-order valence-electron chi connectivity index (χ2n) is 8.94. The van der Waals surface area contributed by atoms with Gasteiger partial charge >= 0.3 is 6.18 Å². The Labute approximate surface area is 157 Å². The summed E-state index contributed by atoms with van der Waals surface area (Å²) in [6.07, 6.45) is -4.52. The number of alkyl halides is 3. The number of amides is 1. The molecular weight excluding hydrogens is 353 g/mol. The first-order valence-electron chi connectivity index (χ1n) is 8.98. The lowest BCUT2D eigenvalue weighted by molar-refractivity contribution is -0.191. The van der Waals surface area contributed by atoms with E-state index in [9.17, 15) is 18.0 Å². The molecule has 0 saturated carbocycles. The zero-order valence-corrected chi connectivity index (χ0v) is 16.2. The molecule has 27 heavy (non-hydrogen) atoms. The van der Waals surface area contributed by atoms with Crippen LogP contribution < -0.4 is 5.43 Å². The van der Waals surface area contributed by atoms with Crippen molar-refractivity contribution in [2.75, 3.05) is 6.54 Å². The van der Waals surface area contributed by atoms with E-state index in [2.05, 4.69) is 5.43 Å². The molecule has 3 nitrogen and oxygen atoms in total. The van der Waals surface area contributed by atoms with Crippen LogP contribution in [-0.4, -0.2) is 23.6 Å². The quantitative estimate of drug-likeness (QED) is 0.787. The Kier molecular flexibility index (Phi) is 4.54. The Morgan fingerprint density at radius 1 is 1.11 bits per heavy atom. The minimum atomic E-state index is -4.52.